The zero-order chi connectivity index (χ0) is 44.6. The molecule has 3 aliphatic rings. The summed E-state index contributed by atoms with van der Waals surface area (Å²) < 4.78 is 14.2. The Labute approximate surface area is 373 Å². The number of benzene rings is 1. The number of carbonyl (C=O) groups is 4. The summed E-state index contributed by atoms with van der Waals surface area (Å²) in [5.41, 5.74) is 9.17. The topological polar surface area (TPSA) is 151 Å². The summed E-state index contributed by atoms with van der Waals surface area (Å²) in [6.45, 7) is 13.2. The number of urea groups is 1. The number of nitrogens with one attached hydrogen (secondary N) is 2. The molecule has 3 aromatic heterocycles. The van der Waals surface area contributed by atoms with Crippen molar-refractivity contribution in [3.63, 3.8) is 0 Å². The number of aryl methyl sites for hydroxylation is 1. The number of rotatable bonds is 9. The molecule has 1 aliphatic carbocycles. The van der Waals surface area contributed by atoms with E-state index < -0.39 is 41.2 Å². The van der Waals surface area contributed by atoms with Crippen LogP contribution in [0.1, 0.15) is 89.6 Å². The number of pyridine rings is 1. The SMILES string of the molecule is CCn1c(-c2cccnc2[C@H](C)OC)c2c3cc(ccc31)-c1csc(n1)CC(NC(=O)[C@H](C(C)C)N(C)C(=O)N(C)C1CC1)C(=O)N1CCC[C@@H](C(=O)OCC(C)(C)C2)C(=S)N1. The summed E-state index contributed by atoms with van der Waals surface area (Å²) in [6, 6.07) is 8.43. The standard InChI is InChI=1S/C46H60N8O6S2/c1-10-53-36-18-15-28-21-32(36)33(40(53)30-13-11-19-47-38(30)27(4)59-9)23-46(5,6)25-60-44(57)31-14-12-20-54(50-42(31)61)43(56)34(22-37-48-35(28)24-62-37)49-41(55)39(26(2)3)52(8)45(58)51(7)29-16-17-29/h11,13,15,18-19,21,24,26-27,29,31,34,39H,10,12,14,16-17,20,22-23,25H2,1-9H3,(H,49,55)(H,50,61)/t27-,31+,34?,39-/m0/s1. The Morgan fingerprint density at radius 2 is 1.90 bits per heavy atom. The van der Waals surface area contributed by atoms with Gasteiger partial charge in [-0.15, -0.1) is 11.3 Å². The van der Waals surface area contributed by atoms with E-state index in [9.17, 15) is 19.2 Å². The molecule has 2 aliphatic heterocycles. The van der Waals surface area contributed by atoms with Crippen LogP contribution in [0, 0.1) is 17.3 Å². The number of thiazole rings is 1. The lowest BCUT2D eigenvalue weighted by Crippen LogP contribution is -2.60. The summed E-state index contributed by atoms with van der Waals surface area (Å²) in [7, 11) is 5.08. The Bertz CT molecular complexity index is 2350. The van der Waals surface area contributed by atoms with Crippen molar-refractivity contribution in [3.05, 3.63) is 58.2 Å². The average molecular weight is 885 g/mol. The van der Waals surface area contributed by atoms with Crippen molar-refractivity contribution in [2.75, 3.05) is 34.4 Å². The minimum atomic E-state index is -1.06. The van der Waals surface area contributed by atoms with Gasteiger partial charge in [-0.1, -0.05) is 46.0 Å². The molecule has 4 aromatic rings. The van der Waals surface area contributed by atoms with Crippen LogP contribution in [0.3, 0.4) is 0 Å². The van der Waals surface area contributed by atoms with Gasteiger partial charge in [-0.25, -0.2) is 9.78 Å². The number of nitrogens with zero attached hydrogens (tertiary/aromatic N) is 6. The van der Waals surface area contributed by atoms with Gasteiger partial charge in [0, 0.05) is 85.8 Å². The van der Waals surface area contributed by atoms with E-state index in [1.54, 1.807) is 32.3 Å². The number of cyclic esters (lactones) is 1. The average Bonchev–Trinajstić information content (AvgIpc) is 3.97. The van der Waals surface area contributed by atoms with Crippen LogP contribution in [0.2, 0.25) is 0 Å². The maximum atomic E-state index is 14.6. The van der Waals surface area contributed by atoms with Crippen LogP contribution in [0.25, 0.3) is 33.4 Å². The van der Waals surface area contributed by atoms with E-state index in [1.165, 1.54) is 21.2 Å². The highest BCUT2D eigenvalue weighted by atomic mass is 32.1. The third kappa shape index (κ3) is 9.23. The predicted octanol–water partition coefficient (Wildman–Crippen LogP) is 6.95. The molecule has 62 heavy (non-hydrogen) atoms. The Morgan fingerprint density at radius 1 is 1.15 bits per heavy atom. The van der Waals surface area contributed by atoms with Crippen LogP contribution in [0.5, 0.6) is 0 Å². The molecule has 16 heteroatoms. The number of ether oxygens (including phenoxy) is 2. The maximum Gasteiger partial charge on any atom is 0.320 e. The van der Waals surface area contributed by atoms with Crippen LogP contribution < -0.4 is 10.7 Å². The molecule has 2 fully saturated rings. The number of esters is 1. The fourth-order valence-electron chi connectivity index (χ4n) is 8.86. The fourth-order valence-corrected chi connectivity index (χ4v) is 10.0. The van der Waals surface area contributed by atoms with Crippen LogP contribution >= 0.6 is 23.6 Å². The lowest BCUT2D eigenvalue weighted by molar-refractivity contribution is -0.149. The van der Waals surface area contributed by atoms with Crippen molar-refractivity contribution < 1.29 is 28.7 Å². The molecule has 332 valence electrons. The zero-order valence-electron chi connectivity index (χ0n) is 37.3. The highest BCUT2D eigenvalue weighted by Gasteiger charge is 2.40. The Kier molecular flexibility index (Phi) is 13.4. The fraction of sp³-hybridized carbons (Fsp3) is 0.543. The van der Waals surface area contributed by atoms with Crippen molar-refractivity contribution in [3.8, 4) is 22.5 Å². The normalized spacial score (nSPS) is 20.5. The first-order valence-electron chi connectivity index (χ1n) is 21.7. The second-order valence-electron chi connectivity index (χ2n) is 18.0. The van der Waals surface area contributed by atoms with Gasteiger partial charge in [0.05, 0.1) is 34.8 Å². The second kappa shape index (κ2) is 18.4. The van der Waals surface area contributed by atoms with E-state index in [1.807, 2.05) is 32.2 Å². The third-order valence-corrected chi connectivity index (χ3v) is 13.7. The number of amides is 4. The second-order valence-corrected chi connectivity index (χ2v) is 19.4. The number of hydrazine groups is 1. The largest absolute Gasteiger partial charge is 0.465 e. The zero-order valence-corrected chi connectivity index (χ0v) is 39.0. The van der Waals surface area contributed by atoms with E-state index >= 15 is 0 Å². The number of methoxy groups -OCH3 is 1. The molecule has 1 unspecified atom stereocenters. The smallest absolute Gasteiger partial charge is 0.320 e. The van der Waals surface area contributed by atoms with E-state index in [0.29, 0.717) is 30.8 Å². The number of hydrogen-bond donors (Lipinski definition) is 2. The van der Waals surface area contributed by atoms with E-state index in [-0.39, 0.29) is 48.7 Å². The van der Waals surface area contributed by atoms with Crippen molar-refractivity contribution in [2.24, 2.45) is 17.3 Å². The third-order valence-electron chi connectivity index (χ3n) is 12.4. The number of carbonyl (C=O) groups excluding carboxylic acids is 4. The highest BCUT2D eigenvalue weighted by molar-refractivity contribution is 7.80. The predicted molar refractivity (Wildman–Crippen MR) is 244 cm³/mol. The first kappa shape index (κ1) is 45.1. The molecule has 0 radical (unpaired) electrons. The number of fused-ring (bicyclic) bond motifs is 7. The number of aromatic nitrogens is 3. The first-order valence-corrected chi connectivity index (χ1v) is 23.0. The van der Waals surface area contributed by atoms with Gasteiger partial charge in [0.2, 0.25) is 5.91 Å². The van der Waals surface area contributed by atoms with Crippen molar-refractivity contribution >= 4 is 63.3 Å². The van der Waals surface area contributed by atoms with Crippen LogP contribution in [0.4, 0.5) is 4.79 Å². The minimum Gasteiger partial charge on any atom is -0.465 e. The first-order chi connectivity index (χ1) is 29.5. The molecule has 14 nitrogen and oxygen atoms in total. The molecule has 1 aromatic carbocycles. The molecular formula is C46H60N8O6S2. The molecule has 1 saturated carbocycles. The Balaban J connectivity index is 1.32. The summed E-state index contributed by atoms with van der Waals surface area (Å²) in [5.74, 6) is -2.33. The molecule has 2 N–H and O–H groups in total. The highest BCUT2D eigenvalue weighted by Crippen LogP contribution is 2.42. The maximum absolute atomic E-state index is 14.6. The Morgan fingerprint density at radius 3 is 2.60 bits per heavy atom. The summed E-state index contributed by atoms with van der Waals surface area (Å²) >= 11 is 7.22. The molecule has 0 spiro atoms. The van der Waals surface area contributed by atoms with Gasteiger partial charge >= 0.3 is 12.0 Å². The minimum absolute atomic E-state index is 0.0929. The lowest BCUT2D eigenvalue weighted by atomic mass is 9.84. The van der Waals surface area contributed by atoms with Crippen LogP contribution in [-0.2, 0) is 43.2 Å². The van der Waals surface area contributed by atoms with E-state index in [0.717, 1.165) is 57.5 Å². The van der Waals surface area contributed by atoms with E-state index in [2.05, 4.69) is 60.3 Å². The quantitative estimate of drug-likeness (QED) is 0.134. The van der Waals surface area contributed by atoms with Crippen molar-refractivity contribution in [1.82, 2.24) is 40.1 Å². The van der Waals surface area contributed by atoms with Gasteiger partial charge in [-0.2, -0.15) is 0 Å². The molecule has 4 amide bonds. The van der Waals surface area contributed by atoms with Gasteiger partial charge in [0.1, 0.15) is 23.0 Å². The van der Waals surface area contributed by atoms with Gasteiger partial charge < -0.3 is 29.2 Å². The lowest BCUT2D eigenvalue weighted by Gasteiger charge is -2.35. The number of hydrogen-bond acceptors (Lipinski definition) is 10. The summed E-state index contributed by atoms with van der Waals surface area (Å²) in [5, 5.41) is 8.11. The molecular weight excluding hydrogens is 825 g/mol. The monoisotopic (exact) mass is 884 g/mol. The molecule has 1 saturated heterocycles. The molecule has 4 atom stereocenters. The summed E-state index contributed by atoms with van der Waals surface area (Å²) in [6.07, 6.45) is 4.92. The van der Waals surface area contributed by atoms with Crippen LogP contribution in [0.15, 0.2) is 41.9 Å². The Hall–Kier alpha value is -4.93. The van der Waals surface area contributed by atoms with Gasteiger partial charge in [-0.05, 0) is 81.7 Å². The van der Waals surface area contributed by atoms with Crippen molar-refractivity contribution in [1.29, 1.82) is 0 Å². The van der Waals surface area contributed by atoms with Gasteiger partial charge in [-0.3, -0.25) is 29.8 Å². The van der Waals surface area contributed by atoms with E-state index in [4.69, 9.17) is 31.7 Å². The summed E-state index contributed by atoms with van der Waals surface area (Å²) in [4.78, 5) is 69.6. The number of likely N-dealkylation sites (N-methyl/N-ethyl adjacent to an activating group) is 1. The van der Waals surface area contributed by atoms with Crippen molar-refractivity contribution in [2.45, 2.75) is 111 Å². The van der Waals surface area contributed by atoms with Crippen LogP contribution in [-0.4, -0.2) is 111 Å². The van der Waals surface area contributed by atoms with Gasteiger partial charge in [0.25, 0.3) is 5.91 Å². The molecule has 7 rings (SSSR count). The number of thiocarbonyl (C=S) groups is 1. The van der Waals surface area contributed by atoms with Gasteiger partial charge in [0.15, 0.2) is 0 Å². The molecule has 6 bridgehead atoms. The molecule has 5 heterocycles.